The summed E-state index contributed by atoms with van der Waals surface area (Å²) in [4.78, 5) is 4.30. The summed E-state index contributed by atoms with van der Waals surface area (Å²) >= 11 is 0. The number of rotatable bonds is 4. The predicted molar refractivity (Wildman–Crippen MR) is 69.6 cm³/mol. The van der Waals surface area contributed by atoms with Gasteiger partial charge in [-0.25, -0.2) is 4.98 Å². The highest BCUT2D eigenvalue weighted by molar-refractivity contribution is 5.28. The minimum absolute atomic E-state index is 0.341. The number of aromatic nitrogens is 2. The molecule has 0 saturated carbocycles. The molecule has 2 rings (SSSR count). The van der Waals surface area contributed by atoms with Gasteiger partial charge >= 0.3 is 0 Å². The molecule has 1 aromatic carbocycles. The van der Waals surface area contributed by atoms with Gasteiger partial charge in [0.15, 0.2) is 0 Å². The quantitative estimate of drug-likeness (QED) is 0.873. The van der Waals surface area contributed by atoms with E-state index in [1.54, 1.807) is 0 Å². The fourth-order valence-electron chi connectivity index (χ4n) is 1.99. The van der Waals surface area contributed by atoms with E-state index in [2.05, 4.69) is 48.4 Å². The molecular weight excluding hydrogens is 210 g/mol. The van der Waals surface area contributed by atoms with Gasteiger partial charge in [0.2, 0.25) is 0 Å². The van der Waals surface area contributed by atoms with Crippen LogP contribution in [0.1, 0.15) is 29.9 Å². The SMILES string of the molecule is Cc1ccccc1C(C)NCc1nccn1C. The zero-order valence-corrected chi connectivity index (χ0v) is 10.6. The zero-order chi connectivity index (χ0) is 12.3. The predicted octanol–water partition coefficient (Wildman–Crippen LogP) is 2.58. The second-order valence-electron chi connectivity index (χ2n) is 4.41. The molecule has 3 heteroatoms. The first-order valence-corrected chi connectivity index (χ1v) is 5.93. The molecule has 0 saturated heterocycles. The molecule has 90 valence electrons. The molecule has 3 nitrogen and oxygen atoms in total. The van der Waals surface area contributed by atoms with Gasteiger partial charge in [-0.15, -0.1) is 0 Å². The lowest BCUT2D eigenvalue weighted by molar-refractivity contribution is 0.547. The third-order valence-corrected chi connectivity index (χ3v) is 3.14. The zero-order valence-electron chi connectivity index (χ0n) is 10.6. The molecule has 1 N–H and O–H groups in total. The van der Waals surface area contributed by atoms with Crippen LogP contribution in [0.15, 0.2) is 36.7 Å². The van der Waals surface area contributed by atoms with Crippen molar-refractivity contribution in [2.75, 3.05) is 0 Å². The number of nitrogens with zero attached hydrogens (tertiary/aromatic N) is 2. The average Bonchev–Trinajstić information content (AvgIpc) is 2.72. The lowest BCUT2D eigenvalue weighted by Crippen LogP contribution is -2.20. The molecule has 1 atom stereocenters. The second-order valence-corrected chi connectivity index (χ2v) is 4.41. The van der Waals surface area contributed by atoms with Crippen molar-refractivity contribution in [3.63, 3.8) is 0 Å². The minimum atomic E-state index is 0.341. The summed E-state index contributed by atoms with van der Waals surface area (Å²) in [6.45, 7) is 5.12. The first-order valence-electron chi connectivity index (χ1n) is 5.93. The van der Waals surface area contributed by atoms with Gasteiger partial charge in [-0.2, -0.15) is 0 Å². The number of aryl methyl sites for hydroxylation is 2. The first kappa shape index (κ1) is 11.9. The Kier molecular flexibility index (Phi) is 3.59. The highest BCUT2D eigenvalue weighted by Crippen LogP contribution is 2.16. The van der Waals surface area contributed by atoms with Crippen LogP contribution in [0, 0.1) is 6.92 Å². The minimum Gasteiger partial charge on any atom is -0.337 e. The topological polar surface area (TPSA) is 29.9 Å². The third-order valence-electron chi connectivity index (χ3n) is 3.14. The molecule has 1 heterocycles. The van der Waals surface area contributed by atoms with E-state index in [9.17, 15) is 0 Å². The van der Waals surface area contributed by atoms with Crippen molar-refractivity contribution in [3.8, 4) is 0 Å². The summed E-state index contributed by atoms with van der Waals surface area (Å²) in [5.41, 5.74) is 2.68. The van der Waals surface area contributed by atoms with Crippen molar-refractivity contribution in [2.24, 2.45) is 7.05 Å². The van der Waals surface area contributed by atoms with Gasteiger partial charge in [0.1, 0.15) is 5.82 Å². The molecule has 17 heavy (non-hydrogen) atoms. The van der Waals surface area contributed by atoms with Crippen molar-refractivity contribution in [1.82, 2.24) is 14.9 Å². The number of benzene rings is 1. The molecule has 2 aromatic rings. The van der Waals surface area contributed by atoms with E-state index in [-0.39, 0.29) is 0 Å². The number of hydrogen-bond donors (Lipinski definition) is 1. The summed E-state index contributed by atoms with van der Waals surface area (Å²) in [5.74, 6) is 1.06. The smallest absolute Gasteiger partial charge is 0.122 e. The summed E-state index contributed by atoms with van der Waals surface area (Å²) in [7, 11) is 2.02. The monoisotopic (exact) mass is 229 g/mol. The van der Waals surface area contributed by atoms with E-state index in [0.29, 0.717) is 6.04 Å². The van der Waals surface area contributed by atoms with Gasteiger partial charge in [-0.3, -0.25) is 0 Å². The molecule has 0 aliphatic rings. The van der Waals surface area contributed by atoms with Crippen LogP contribution in [-0.2, 0) is 13.6 Å². The van der Waals surface area contributed by atoms with Crippen LogP contribution >= 0.6 is 0 Å². The van der Waals surface area contributed by atoms with E-state index in [4.69, 9.17) is 0 Å². The first-order chi connectivity index (χ1) is 8.18. The molecular formula is C14H19N3. The van der Waals surface area contributed by atoms with Crippen molar-refractivity contribution in [1.29, 1.82) is 0 Å². The standard InChI is InChI=1S/C14H19N3/c1-11-6-4-5-7-13(11)12(2)16-10-14-15-8-9-17(14)3/h4-9,12,16H,10H2,1-3H3. The molecule has 0 bridgehead atoms. The molecule has 1 aromatic heterocycles. The number of hydrogen-bond acceptors (Lipinski definition) is 2. The highest BCUT2D eigenvalue weighted by Gasteiger charge is 2.08. The van der Waals surface area contributed by atoms with Crippen LogP contribution in [0.3, 0.4) is 0 Å². The van der Waals surface area contributed by atoms with Crippen molar-refractivity contribution >= 4 is 0 Å². The van der Waals surface area contributed by atoms with E-state index in [1.807, 2.05) is 24.0 Å². The van der Waals surface area contributed by atoms with Crippen LogP contribution < -0.4 is 5.32 Å². The Morgan fingerprint density at radius 1 is 1.35 bits per heavy atom. The van der Waals surface area contributed by atoms with Crippen molar-refractivity contribution in [2.45, 2.75) is 26.4 Å². The van der Waals surface area contributed by atoms with Gasteiger partial charge in [-0.05, 0) is 25.0 Å². The molecule has 1 unspecified atom stereocenters. The van der Waals surface area contributed by atoms with Crippen molar-refractivity contribution < 1.29 is 0 Å². The lowest BCUT2D eigenvalue weighted by atomic mass is 10.0. The maximum absolute atomic E-state index is 4.30. The lowest BCUT2D eigenvalue weighted by Gasteiger charge is -2.16. The maximum Gasteiger partial charge on any atom is 0.122 e. The van der Waals surface area contributed by atoms with E-state index >= 15 is 0 Å². The average molecular weight is 229 g/mol. The van der Waals surface area contributed by atoms with Crippen LogP contribution in [0.25, 0.3) is 0 Å². The Bertz CT molecular complexity index is 488. The third kappa shape index (κ3) is 2.74. The fourth-order valence-corrected chi connectivity index (χ4v) is 1.99. The number of imidazole rings is 1. The molecule has 0 spiro atoms. The van der Waals surface area contributed by atoms with Gasteiger partial charge < -0.3 is 9.88 Å². The van der Waals surface area contributed by atoms with Crippen LogP contribution in [-0.4, -0.2) is 9.55 Å². The Morgan fingerprint density at radius 3 is 2.76 bits per heavy atom. The van der Waals surface area contributed by atoms with Gasteiger partial charge in [-0.1, -0.05) is 24.3 Å². The normalized spacial score (nSPS) is 12.6. The van der Waals surface area contributed by atoms with Crippen LogP contribution in [0.2, 0.25) is 0 Å². The molecule has 0 amide bonds. The van der Waals surface area contributed by atoms with E-state index in [0.717, 1.165) is 12.4 Å². The molecule has 0 radical (unpaired) electrons. The molecule has 0 aliphatic carbocycles. The van der Waals surface area contributed by atoms with Crippen molar-refractivity contribution in [3.05, 3.63) is 53.6 Å². The summed E-state index contributed by atoms with van der Waals surface area (Å²) in [5, 5.41) is 3.50. The Balaban J connectivity index is 2.01. The van der Waals surface area contributed by atoms with Gasteiger partial charge in [0.25, 0.3) is 0 Å². The molecule has 0 fully saturated rings. The van der Waals surface area contributed by atoms with Crippen LogP contribution in [0.4, 0.5) is 0 Å². The summed E-state index contributed by atoms with van der Waals surface area (Å²) in [6.07, 6.45) is 3.80. The highest BCUT2D eigenvalue weighted by atomic mass is 15.1. The summed E-state index contributed by atoms with van der Waals surface area (Å²) < 4.78 is 2.04. The Labute approximate surface area is 103 Å². The van der Waals surface area contributed by atoms with Gasteiger partial charge in [0.05, 0.1) is 6.54 Å². The van der Waals surface area contributed by atoms with E-state index in [1.165, 1.54) is 11.1 Å². The Hall–Kier alpha value is -1.61. The molecule has 0 aliphatic heterocycles. The van der Waals surface area contributed by atoms with E-state index < -0.39 is 0 Å². The largest absolute Gasteiger partial charge is 0.337 e. The maximum atomic E-state index is 4.30. The number of nitrogens with one attached hydrogen (secondary N) is 1. The second kappa shape index (κ2) is 5.15. The van der Waals surface area contributed by atoms with Gasteiger partial charge in [0, 0.05) is 25.5 Å². The fraction of sp³-hybridized carbons (Fsp3) is 0.357. The van der Waals surface area contributed by atoms with Crippen LogP contribution in [0.5, 0.6) is 0 Å². The summed E-state index contributed by atoms with van der Waals surface area (Å²) in [6, 6.07) is 8.82. The Morgan fingerprint density at radius 2 is 2.12 bits per heavy atom.